The summed E-state index contributed by atoms with van der Waals surface area (Å²) in [6.07, 6.45) is 3.17. The fourth-order valence-electron chi connectivity index (χ4n) is 3.04. The molecule has 1 aromatic rings. The van der Waals surface area contributed by atoms with Gasteiger partial charge in [0.2, 0.25) is 21.8 Å². The first-order valence-corrected chi connectivity index (χ1v) is 12.9. The highest BCUT2D eigenvalue weighted by Crippen LogP contribution is 2.07. The van der Waals surface area contributed by atoms with Crippen LogP contribution in [-0.2, 0) is 30.2 Å². The third kappa shape index (κ3) is 14.0. The van der Waals surface area contributed by atoms with Crippen molar-refractivity contribution < 1.29 is 22.8 Å². The van der Waals surface area contributed by atoms with E-state index in [0.717, 1.165) is 0 Å². The van der Waals surface area contributed by atoms with Gasteiger partial charge in [-0.05, 0) is 31.2 Å². The fraction of sp³-hybridized carbons (Fsp3) is 0.476. The molecule has 0 bridgehead atoms. The maximum absolute atomic E-state index is 12.7. The number of hydrogen-bond donors (Lipinski definition) is 7. The van der Waals surface area contributed by atoms with E-state index in [1.54, 1.807) is 30.3 Å². The summed E-state index contributed by atoms with van der Waals surface area (Å²) in [6, 6.07) is 6.58. The summed E-state index contributed by atoms with van der Waals surface area (Å²) in [6.45, 7) is 0.161. The van der Waals surface area contributed by atoms with Crippen molar-refractivity contribution in [2.45, 2.75) is 43.5 Å². The molecule has 0 fully saturated rings. The number of hydrogen-bond acceptors (Lipinski definition) is 8. The van der Waals surface area contributed by atoms with Gasteiger partial charge in [0.1, 0.15) is 12.3 Å². The maximum Gasteiger partial charge on any atom is 0.239 e. The highest BCUT2D eigenvalue weighted by atomic mass is 32.2. The Labute approximate surface area is 210 Å². The van der Waals surface area contributed by atoms with Crippen molar-refractivity contribution in [3.8, 4) is 0 Å². The van der Waals surface area contributed by atoms with Crippen LogP contribution < -0.4 is 38.1 Å². The molecule has 2 atom stereocenters. The number of carbonyl (C=O) groups is 3. The highest BCUT2D eigenvalue weighted by Gasteiger charge is 2.25. The van der Waals surface area contributed by atoms with Gasteiger partial charge in [-0.1, -0.05) is 30.3 Å². The number of hydrazine groups is 1. The molecule has 0 heterocycles. The van der Waals surface area contributed by atoms with E-state index < -0.39 is 40.5 Å². The van der Waals surface area contributed by atoms with E-state index in [4.69, 9.17) is 17.3 Å². The highest BCUT2D eigenvalue weighted by molar-refractivity contribution is 7.88. The number of aliphatic imine (C=N–C) groups is 2. The number of nitrogens with one attached hydrogen (secondary N) is 4. The molecule has 15 heteroatoms. The molecule has 0 radical (unpaired) electrons. The molecule has 0 aliphatic heterocycles. The van der Waals surface area contributed by atoms with E-state index >= 15 is 0 Å². The standard InChI is InChI=1S/C21H35N9O5S/c22-21(23)26-11-5-9-18(30-36(34,35)14-16-6-2-1-3-7-16)20(33)27-12-19(32)29-17(13-31)8-4-10-25-15-28-24/h1-3,6-7,13,15,17-18,30H,4-5,8-12,14,24H2,(H,25,28)(H,27,33)(H,29,32)(H4,22,23,26). The number of nitrogens with zero attached hydrogens (tertiary/aromatic N) is 2. The molecular weight excluding hydrogens is 490 g/mol. The average Bonchev–Trinajstić information content (AvgIpc) is 2.83. The van der Waals surface area contributed by atoms with Gasteiger partial charge in [-0.25, -0.2) is 19.0 Å². The molecule has 1 aromatic carbocycles. The second-order valence-electron chi connectivity index (χ2n) is 7.74. The van der Waals surface area contributed by atoms with E-state index in [9.17, 15) is 22.8 Å². The van der Waals surface area contributed by atoms with Crippen molar-refractivity contribution >= 4 is 40.4 Å². The van der Waals surface area contributed by atoms with Gasteiger partial charge in [0.15, 0.2) is 5.96 Å². The van der Waals surface area contributed by atoms with Crippen LogP contribution in [0.3, 0.4) is 0 Å². The second-order valence-corrected chi connectivity index (χ2v) is 9.49. The van der Waals surface area contributed by atoms with Crippen molar-refractivity contribution in [1.29, 1.82) is 0 Å². The van der Waals surface area contributed by atoms with Gasteiger partial charge in [0.25, 0.3) is 0 Å². The number of benzene rings is 1. The molecule has 0 spiro atoms. The van der Waals surface area contributed by atoms with Gasteiger partial charge in [-0.2, -0.15) is 0 Å². The second kappa shape index (κ2) is 17.0. The van der Waals surface area contributed by atoms with Crippen LogP contribution in [0.25, 0.3) is 0 Å². The minimum atomic E-state index is -3.88. The van der Waals surface area contributed by atoms with Gasteiger partial charge >= 0.3 is 0 Å². The molecule has 1 rings (SSSR count). The van der Waals surface area contributed by atoms with Crippen LogP contribution in [0.5, 0.6) is 0 Å². The largest absolute Gasteiger partial charge is 0.370 e. The number of rotatable bonds is 18. The van der Waals surface area contributed by atoms with Crippen molar-refractivity contribution in [3.05, 3.63) is 35.9 Å². The number of carbonyl (C=O) groups excluding carboxylic acids is 3. The summed E-state index contributed by atoms with van der Waals surface area (Å²) in [5.41, 5.74) is 13.4. The van der Waals surface area contributed by atoms with E-state index in [1.165, 1.54) is 6.34 Å². The molecule has 0 aromatic heterocycles. The topological polar surface area (TPSA) is 236 Å². The van der Waals surface area contributed by atoms with E-state index in [0.29, 0.717) is 37.7 Å². The normalized spacial score (nSPS) is 12.9. The lowest BCUT2D eigenvalue weighted by atomic mass is 10.1. The molecule has 2 amide bonds. The molecule has 14 nitrogen and oxygen atoms in total. The Morgan fingerprint density at radius 1 is 1.06 bits per heavy atom. The number of nitrogens with two attached hydrogens (primary N) is 3. The fourth-order valence-corrected chi connectivity index (χ4v) is 4.41. The lowest BCUT2D eigenvalue weighted by Gasteiger charge is -2.19. The maximum atomic E-state index is 12.7. The molecule has 0 aliphatic rings. The minimum absolute atomic E-state index is 0.0907. The number of guanidine groups is 1. The first kappa shape index (κ1) is 30.5. The Kier molecular flexibility index (Phi) is 14.4. The van der Waals surface area contributed by atoms with E-state index in [-0.39, 0.29) is 24.7 Å². The van der Waals surface area contributed by atoms with Gasteiger partial charge in [0.05, 0.1) is 24.7 Å². The molecule has 2 unspecified atom stereocenters. The zero-order chi connectivity index (χ0) is 26.8. The Balaban J connectivity index is 2.69. The molecule has 0 aliphatic carbocycles. The molecule has 200 valence electrons. The SMILES string of the molecule is NNC=NCCCC(C=O)NC(=O)CNC(=O)C(CCCN=C(N)N)NS(=O)(=O)Cc1ccccc1. The Hall–Kier alpha value is -3.56. The minimum Gasteiger partial charge on any atom is -0.370 e. The molecule has 10 N–H and O–H groups in total. The van der Waals surface area contributed by atoms with Crippen LogP contribution in [0.1, 0.15) is 31.2 Å². The van der Waals surface area contributed by atoms with Gasteiger partial charge in [-0.15, -0.1) is 0 Å². The number of sulfonamides is 1. The van der Waals surface area contributed by atoms with Gasteiger partial charge in [-0.3, -0.25) is 19.6 Å². The summed E-state index contributed by atoms with van der Waals surface area (Å²) in [5.74, 6) is 3.32. The van der Waals surface area contributed by atoms with Gasteiger partial charge < -0.3 is 32.3 Å². The van der Waals surface area contributed by atoms with Crippen LogP contribution in [0, 0.1) is 0 Å². The van der Waals surface area contributed by atoms with Crippen molar-refractivity contribution in [2.75, 3.05) is 19.6 Å². The summed E-state index contributed by atoms with van der Waals surface area (Å²) < 4.78 is 27.7. The van der Waals surface area contributed by atoms with Gasteiger partial charge in [0, 0.05) is 13.1 Å². The van der Waals surface area contributed by atoms with Crippen LogP contribution >= 0.6 is 0 Å². The Morgan fingerprint density at radius 3 is 2.39 bits per heavy atom. The summed E-state index contributed by atoms with van der Waals surface area (Å²) in [5, 5.41) is 4.91. The van der Waals surface area contributed by atoms with Crippen LogP contribution in [0.4, 0.5) is 0 Å². The monoisotopic (exact) mass is 525 g/mol. The third-order valence-electron chi connectivity index (χ3n) is 4.69. The zero-order valence-electron chi connectivity index (χ0n) is 19.9. The first-order valence-electron chi connectivity index (χ1n) is 11.2. The van der Waals surface area contributed by atoms with Crippen molar-refractivity contribution in [3.63, 3.8) is 0 Å². The quantitative estimate of drug-likeness (QED) is 0.0270. The molecule has 0 saturated carbocycles. The predicted octanol–water partition coefficient (Wildman–Crippen LogP) is -2.40. The lowest BCUT2D eigenvalue weighted by molar-refractivity contribution is -0.128. The van der Waals surface area contributed by atoms with Crippen LogP contribution in [0.15, 0.2) is 40.3 Å². The Morgan fingerprint density at radius 2 is 1.75 bits per heavy atom. The Bertz CT molecular complexity index is 983. The number of aldehydes is 1. The predicted molar refractivity (Wildman–Crippen MR) is 137 cm³/mol. The summed E-state index contributed by atoms with van der Waals surface area (Å²) in [7, 11) is -3.88. The van der Waals surface area contributed by atoms with Crippen molar-refractivity contribution in [1.82, 2.24) is 20.8 Å². The van der Waals surface area contributed by atoms with Crippen LogP contribution in [0.2, 0.25) is 0 Å². The van der Waals surface area contributed by atoms with E-state index in [1.807, 2.05) is 0 Å². The molecule has 36 heavy (non-hydrogen) atoms. The van der Waals surface area contributed by atoms with E-state index in [2.05, 4.69) is 30.8 Å². The summed E-state index contributed by atoms with van der Waals surface area (Å²) in [4.78, 5) is 43.9. The van der Waals surface area contributed by atoms with Crippen molar-refractivity contribution in [2.24, 2.45) is 27.3 Å². The third-order valence-corrected chi connectivity index (χ3v) is 6.04. The average molecular weight is 526 g/mol. The zero-order valence-corrected chi connectivity index (χ0v) is 20.7. The lowest BCUT2D eigenvalue weighted by Crippen LogP contribution is -2.50. The molecule has 0 saturated heterocycles. The first-order chi connectivity index (χ1) is 17.2. The van der Waals surface area contributed by atoms with Crippen LogP contribution in [-0.4, -0.2) is 70.5 Å². The number of amides is 2. The summed E-state index contributed by atoms with van der Waals surface area (Å²) >= 11 is 0. The molecular formula is C21H35N9O5S. The smallest absolute Gasteiger partial charge is 0.239 e.